The van der Waals surface area contributed by atoms with Crippen molar-refractivity contribution in [3.05, 3.63) is 64.9 Å². The molecule has 0 atom stereocenters. The molecule has 2 aromatic heterocycles. The number of rotatable bonds is 6. The molecule has 1 N–H and O–H groups in total. The van der Waals surface area contributed by atoms with Crippen molar-refractivity contribution < 1.29 is 14.1 Å². The van der Waals surface area contributed by atoms with Crippen molar-refractivity contribution >= 4 is 28.4 Å². The Labute approximate surface area is 172 Å². The van der Waals surface area contributed by atoms with Crippen LogP contribution in [0, 0.1) is 0 Å². The molecule has 0 aliphatic rings. The summed E-state index contributed by atoms with van der Waals surface area (Å²) in [6.45, 7) is 0.437. The second-order valence-electron chi connectivity index (χ2n) is 6.61. The SMILES string of the molecule is COc1ccc2[nH]c(-c3nc(CCN(C)C(=O)c4ccccc4Cl)no3)cc2c1. The quantitative estimate of drug-likeness (QED) is 0.515. The van der Waals surface area contributed by atoms with Crippen molar-refractivity contribution in [3.8, 4) is 17.3 Å². The van der Waals surface area contributed by atoms with Crippen LogP contribution in [0.25, 0.3) is 22.5 Å². The van der Waals surface area contributed by atoms with E-state index in [0.29, 0.717) is 35.3 Å². The van der Waals surface area contributed by atoms with Crippen LogP contribution in [-0.2, 0) is 6.42 Å². The number of fused-ring (bicyclic) bond motifs is 1. The number of nitrogens with one attached hydrogen (secondary N) is 1. The summed E-state index contributed by atoms with van der Waals surface area (Å²) >= 11 is 6.11. The van der Waals surface area contributed by atoms with Gasteiger partial charge in [0.25, 0.3) is 11.8 Å². The van der Waals surface area contributed by atoms with Crippen molar-refractivity contribution in [2.75, 3.05) is 20.7 Å². The highest BCUT2D eigenvalue weighted by Gasteiger charge is 2.17. The van der Waals surface area contributed by atoms with Crippen LogP contribution in [0.3, 0.4) is 0 Å². The smallest absolute Gasteiger partial charge is 0.274 e. The summed E-state index contributed by atoms with van der Waals surface area (Å²) in [6, 6.07) is 14.7. The van der Waals surface area contributed by atoms with Gasteiger partial charge in [0.1, 0.15) is 11.4 Å². The summed E-state index contributed by atoms with van der Waals surface area (Å²) < 4.78 is 10.6. The van der Waals surface area contributed by atoms with Crippen LogP contribution in [0.2, 0.25) is 5.02 Å². The highest BCUT2D eigenvalue weighted by molar-refractivity contribution is 6.33. The van der Waals surface area contributed by atoms with Crippen molar-refractivity contribution in [1.82, 2.24) is 20.0 Å². The lowest BCUT2D eigenvalue weighted by Crippen LogP contribution is -2.29. The number of hydrogen-bond acceptors (Lipinski definition) is 5. The first kappa shape index (κ1) is 19.0. The number of ether oxygens (including phenoxy) is 1. The van der Waals surface area contributed by atoms with Gasteiger partial charge in [-0.2, -0.15) is 4.98 Å². The minimum absolute atomic E-state index is 0.149. The topological polar surface area (TPSA) is 84.2 Å². The molecule has 0 aliphatic heterocycles. The Morgan fingerprint density at radius 2 is 2.07 bits per heavy atom. The predicted molar refractivity (Wildman–Crippen MR) is 110 cm³/mol. The summed E-state index contributed by atoms with van der Waals surface area (Å²) in [7, 11) is 3.35. The van der Waals surface area contributed by atoms with Crippen LogP contribution in [0.15, 0.2) is 53.1 Å². The first-order chi connectivity index (χ1) is 14.0. The number of methoxy groups -OCH3 is 1. The lowest BCUT2D eigenvalue weighted by Gasteiger charge is -2.16. The van der Waals surface area contributed by atoms with Crippen molar-refractivity contribution in [2.24, 2.45) is 0 Å². The van der Waals surface area contributed by atoms with Gasteiger partial charge >= 0.3 is 0 Å². The second-order valence-corrected chi connectivity index (χ2v) is 7.02. The zero-order valence-electron chi connectivity index (χ0n) is 16.0. The van der Waals surface area contributed by atoms with E-state index >= 15 is 0 Å². The molecule has 4 aromatic rings. The van der Waals surface area contributed by atoms with Crippen molar-refractivity contribution in [1.29, 1.82) is 0 Å². The van der Waals surface area contributed by atoms with E-state index < -0.39 is 0 Å². The van der Waals surface area contributed by atoms with Crippen LogP contribution >= 0.6 is 11.6 Å². The molecule has 7 nitrogen and oxygen atoms in total. The van der Waals surface area contributed by atoms with Gasteiger partial charge in [0, 0.05) is 30.9 Å². The third-order valence-electron chi connectivity index (χ3n) is 4.65. The van der Waals surface area contributed by atoms with E-state index in [1.807, 2.05) is 24.3 Å². The molecule has 29 heavy (non-hydrogen) atoms. The van der Waals surface area contributed by atoms with E-state index in [0.717, 1.165) is 22.3 Å². The molecule has 0 unspecified atom stereocenters. The number of aromatic amines is 1. The number of hydrogen-bond donors (Lipinski definition) is 1. The molecule has 1 amide bonds. The van der Waals surface area contributed by atoms with Gasteiger partial charge in [0.05, 0.1) is 17.7 Å². The molecule has 0 radical (unpaired) electrons. The lowest BCUT2D eigenvalue weighted by molar-refractivity contribution is 0.0796. The number of H-pyrrole nitrogens is 1. The molecular formula is C21H19ClN4O3. The Hall–Kier alpha value is -3.32. The number of amides is 1. The van der Waals surface area contributed by atoms with E-state index in [1.54, 1.807) is 43.3 Å². The third kappa shape index (κ3) is 3.95. The first-order valence-electron chi connectivity index (χ1n) is 9.05. The number of carbonyl (C=O) groups is 1. The molecule has 0 aliphatic carbocycles. The fraction of sp³-hybridized carbons (Fsp3) is 0.190. The van der Waals surface area contributed by atoms with Crippen LogP contribution in [0.4, 0.5) is 0 Å². The van der Waals surface area contributed by atoms with Gasteiger partial charge in [0.15, 0.2) is 5.82 Å². The van der Waals surface area contributed by atoms with Gasteiger partial charge < -0.3 is 19.1 Å². The van der Waals surface area contributed by atoms with Crippen molar-refractivity contribution in [2.45, 2.75) is 6.42 Å². The Morgan fingerprint density at radius 1 is 1.24 bits per heavy atom. The fourth-order valence-electron chi connectivity index (χ4n) is 3.03. The average Bonchev–Trinajstić information content (AvgIpc) is 3.38. The standard InChI is InChI=1S/C21H19ClN4O3/c1-26(21(27)15-5-3-4-6-16(15)22)10-9-19-24-20(29-25-19)18-12-13-11-14(28-2)7-8-17(13)23-18/h3-8,11-12,23H,9-10H2,1-2H3. The van der Waals surface area contributed by atoms with Gasteiger partial charge in [-0.15, -0.1) is 0 Å². The van der Waals surface area contributed by atoms with Gasteiger partial charge in [-0.1, -0.05) is 28.9 Å². The van der Waals surface area contributed by atoms with E-state index in [9.17, 15) is 4.79 Å². The average molecular weight is 411 g/mol. The summed E-state index contributed by atoms with van der Waals surface area (Å²) in [4.78, 5) is 21.8. The number of likely N-dealkylation sites (N-methyl/N-ethyl adjacent to an activating group) is 1. The summed E-state index contributed by atoms with van der Waals surface area (Å²) in [5, 5.41) is 5.45. The molecule has 8 heteroatoms. The molecule has 0 spiro atoms. The number of nitrogens with zero attached hydrogens (tertiary/aromatic N) is 3. The molecule has 0 bridgehead atoms. The molecule has 0 fully saturated rings. The highest BCUT2D eigenvalue weighted by atomic mass is 35.5. The maximum atomic E-state index is 12.5. The lowest BCUT2D eigenvalue weighted by atomic mass is 10.2. The summed E-state index contributed by atoms with van der Waals surface area (Å²) in [5.74, 6) is 1.55. The molecule has 0 saturated heterocycles. The third-order valence-corrected chi connectivity index (χ3v) is 4.98. The minimum atomic E-state index is -0.149. The zero-order chi connectivity index (χ0) is 20.4. The second kappa shape index (κ2) is 7.97. The maximum absolute atomic E-state index is 12.5. The number of halogens is 1. The Kier molecular flexibility index (Phi) is 5.22. The number of benzene rings is 2. The number of carbonyl (C=O) groups excluding carboxylic acids is 1. The molecular weight excluding hydrogens is 392 g/mol. The normalized spacial score (nSPS) is 11.0. The molecule has 2 aromatic carbocycles. The minimum Gasteiger partial charge on any atom is -0.497 e. The molecule has 0 saturated carbocycles. The van der Waals surface area contributed by atoms with E-state index in [2.05, 4.69) is 15.1 Å². The van der Waals surface area contributed by atoms with Crippen LogP contribution in [-0.4, -0.2) is 46.6 Å². The Morgan fingerprint density at radius 3 is 2.86 bits per heavy atom. The predicted octanol–water partition coefficient (Wildman–Crippen LogP) is 4.19. The first-order valence-corrected chi connectivity index (χ1v) is 9.42. The van der Waals surface area contributed by atoms with Crippen molar-refractivity contribution in [3.63, 3.8) is 0 Å². The molecule has 2 heterocycles. The molecule has 148 valence electrons. The highest BCUT2D eigenvalue weighted by Crippen LogP contribution is 2.26. The van der Waals surface area contributed by atoms with Gasteiger partial charge in [0.2, 0.25) is 0 Å². The molecule has 4 rings (SSSR count). The monoisotopic (exact) mass is 410 g/mol. The zero-order valence-corrected chi connectivity index (χ0v) is 16.7. The number of aromatic nitrogens is 3. The summed E-state index contributed by atoms with van der Waals surface area (Å²) in [6.07, 6.45) is 0.463. The van der Waals surface area contributed by atoms with E-state index in [1.165, 1.54) is 0 Å². The van der Waals surface area contributed by atoms with E-state index in [-0.39, 0.29) is 5.91 Å². The maximum Gasteiger partial charge on any atom is 0.274 e. The van der Waals surface area contributed by atoms with Gasteiger partial charge in [-0.05, 0) is 36.4 Å². The van der Waals surface area contributed by atoms with Crippen LogP contribution in [0.5, 0.6) is 5.75 Å². The van der Waals surface area contributed by atoms with Crippen LogP contribution < -0.4 is 4.74 Å². The van der Waals surface area contributed by atoms with Crippen LogP contribution in [0.1, 0.15) is 16.2 Å². The van der Waals surface area contributed by atoms with Gasteiger partial charge in [-0.3, -0.25) is 4.79 Å². The summed E-state index contributed by atoms with van der Waals surface area (Å²) in [5.41, 5.74) is 2.15. The van der Waals surface area contributed by atoms with Gasteiger partial charge in [-0.25, -0.2) is 0 Å². The van der Waals surface area contributed by atoms with E-state index in [4.69, 9.17) is 20.9 Å². The Balaban J connectivity index is 1.44. The largest absolute Gasteiger partial charge is 0.497 e. The fourth-order valence-corrected chi connectivity index (χ4v) is 3.24. The Bertz CT molecular complexity index is 1170.